The Bertz CT molecular complexity index is 369. The van der Waals surface area contributed by atoms with Crippen LogP contribution < -0.4 is 4.74 Å². The molecule has 0 amide bonds. The predicted octanol–water partition coefficient (Wildman–Crippen LogP) is 2.45. The van der Waals surface area contributed by atoms with Crippen LogP contribution in [0, 0.1) is 0 Å². The quantitative estimate of drug-likeness (QED) is 0.691. The molecule has 3 heteroatoms. The van der Waals surface area contributed by atoms with Crippen molar-refractivity contribution in [3.8, 4) is 5.75 Å². The van der Waals surface area contributed by atoms with Crippen molar-refractivity contribution in [2.24, 2.45) is 0 Å². The Morgan fingerprint density at radius 1 is 1.44 bits per heavy atom. The van der Waals surface area contributed by atoms with Gasteiger partial charge in [-0.25, -0.2) is 0 Å². The Labute approximate surface area is 95.4 Å². The second-order valence-electron chi connectivity index (χ2n) is 3.91. The zero-order valence-electron chi connectivity index (χ0n) is 9.44. The summed E-state index contributed by atoms with van der Waals surface area (Å²) < 4.78 is 10.7. The predicted molar refractivity (Wildman–Crippen MR) is 60.9 cm³/mol. The normalized spacial score (nSPS) is 14.8. The minimum atomic E-state index is 0.00287. The van der Waals surface area contributed by atoms with Crippen molar-refractivity contribution in [2.45, 2.75) is 25.9 Å². The average molecular weight is 220 g/mol. The number of ether oxygens (including phenoxy) is 2. The highest BCUT2D eigenvalue weighted by molar-refractivity contribution is 5.97. The van der Waals surface area contributed by atoms with Crippen LogP contribution >= 0.6 is 0 Å². The lowest BCUT2D eigenvalue weighted by atomic mass is 10.1. The molecule has 1 aliphatic carbocycles. The zero-order valence-corrected chi connectivity index (χ0v) is 9.44. The fourth-order valence-electron chi connectivity index (χ4n) is 1.40. The highest BCUT2D eigenvalue weighted by Gasteiger charge is 2.23. The molecule has 0 radical (unpaired) electrons. The van der Waals surface area contributed by atoms with Gasteiger partial charge in [-0.1, -0.05) is 12.1 Å². The van der Waals surface area contributed by atoms with E-state index in [2.05, 4.69) is 0 Å². The monoisotopic (exact) mass is 220 g/mol. The number of hydrogen-bond donors (Lipinski definition) is 0. The van der Waals surface area contributed by atoms with Crippen LogP contribution in [-0.4, -0.2) is 25.1 Å². The molecule has 1 saturated carbocycles. The molecule has 0 atom stereocenters. The van der Waals surface area contributed by atoms with Crippen LogP contribution in [0.5, 0.6) is 5.75 Å². The summed E-state index contributed by atoms with van der Waals surface area (Å²) >= 11 is 0. The average Bonchev–Trinajstić information content (AvgIpc) is 3.10. The van der Waals surface area contributed by atoms with Crippen LogP contribution in [0.1, 0.15) is 30.1 Å². The molecule has 0 heterocycles. The summed E-state index contributed by atoms with van der Waals surface area (Å²) in [7, 11) is 0. The van der Waals surface area contributed by atoms with Crippen molar-refractivity contribution < 1.29 is 14.3 Å². The summed E-state index contributed by atoms with van der Waals surface area (Å²) in [4.78, 5) is 11.7. The topological polar surface area (TPSA) is 35.5 Å². The third-order valence-electron chi connectivity index (χ3n) is 2.42. The van der Waals surface area contributed by atoms with Crippen LogP contribution in [0.3, 0.4) is 0 Å². The summed E-state index contributed by atoms with van der Waals surface area (Å²) in [5.74, 6) is 0.785. The number of carbonyl (C=O) groups excluding carboxylic acids is 1. The molecule has 1 aromatic rings. The molecule has 0 aromatic heterocycles. The fourth-order valence-corrected chi connectivity index (χ4v) is 1.40. The van der Waals surface area contributed by atoms with Crippen LogP contribution in [0.4, 0.5) is 0 Å². The van der Waals surface area contributed by atoms with Gasteiger partial charge in [-0.05, 0) is 31.9 Å². The number of hydrogen-bond acceptors (Lipinski definition) is 3. The van der Waals surface area contributed by atoms with Crippen LogP contribution in [0.2, 0.25) is 0 Å². The van der Waals surface area contributed by atoms with Gasteiger partial charge < -0.3 is 9.47 Å². The second-order valence-corrected chi connectivity index (χ2v) is 3.91. The number of benzene rings is 1. The van der Waals surface area contributed by atoms with Gasteiger partial charge in [-0.3, -0.25) is 4.79 Å². The van der Waals surface area contributed by atoms with Gasteiger partial charge >= 0.3 is 0 Å². The van der Waals surface area contributed by atoms with E-state index in [0.717, 1.165) is 18.6 Å². The number of rotatable bonds is 6. The van der Waals surface area contributed by atoms with Crippen molar-refractivity contribution in [1.29, 1.82) is 0 Å². The van der Waals surface area contributed by atoms with Crippen molar-refractivity contribution >= 4 is 5.78 Å². The molecule has 1 aromatic carbocycles. The minimum Gasteiger partial charge on any atom is -0.490 e. The van der Waals surface area contributed by atoms with Gasteiger partial charge in [-0.15, -0.1) is 0 Å². The minimum absolute atomic E-state index is 0.00287. The molecule has 1 fully saturated rings. The molecule has 0 saturated heterocycles. The van der Waals surface area contributed by atoms with Crippen molar-refractivity contribution in [2.75, 3.05) is 13.2 Å². The van der Waals surface area contributed by atoms with E-state index in [-0.39, 0.29) is 12.4 Å². The third-order valence-corrected chi connectivity index (χ3v) is 2.42. The maximum Gasteiger partial charge on any atom is 0.188 e. The highest BCUT2D eigenvalue weighted by Crippen LogP contribution is 2.27. The largest absolute Gasteiger partial charge is 0.490 e. The SMILES string of the molecule is CCOCC(=O)c1cccc(OC2CC2)c1. The number of carbonyl (C=O) groups is 1. The molecule has 3 nitrogen and oxygen atoms in total. The van der Waals surface area contributed by atoms with Crippen LogP contribution in [-0.2, 0) is 4.74 Å². The van der Waals surface area contributed by atoms with Crippen molar-refractivity contribution in [3.63, 3.8) is 0 Å². The Kier molecular flexibility index (Phi) is 3.57. The van der Waals surface area contributed by atoms with Gasteiger partial charge in [0.25, 0.3) is 0 Å². The van der Waals surface area contributed by atoms with Gasteiger partial charge in [0.2, 0.25) is 0 Å². The van der Waals surface area contributed by atoms with Gasteiger partial charge in [0.1, 0.15) is 12.4 Å². The summed E-state index contributed by atoms with van der Waals surface area (Å²) in [6.07, 6.45) is 2.60. The summed E-state index contributed by atoms with van der Waals surface area (Å²) in [5, 5.41) is 0. The lowest BCUT2D eigenvalue weighted by Crippen LogP contribution is -2.09. The lowest BCUT2D eigenvalue weighted by Gasteiger charge is -2.06. The smallest absolute Gasteiger partial charge is 0.188 e. The molecule has 0 bridgehead atoms. The first-order valence-electron chi connectivity index (χ1n) is 5.67. The standard InChI is InChI=1S/C13H16O3/c1-2-15-9-13(14)10-4-3-5-12(8-10)16-11-6-7-11/h3-5,8,11H,2,6-7,9H2,1H3. The van der Waals surface area contributed by atoms with E-state index in [1.54, 1.807) is 12.1 Å². The zero-order chi connectivity index (χ0) is 11.4. The summed E-state index contributed by atoms with van der Waals surface area (Å²) in [6, 6.07) is 7.31. The van der Waals surface area contributed by atoms with E-state index in [0.29, 0.717) is 18.3 Å². The number of ketones is 1. The van der Waals surface area contributed by atoms with E-state index < -0.39 is 0 Å². The van der Waals surface area contributed by atoms with Gasteiger partial charge in [0.15, 0.2) is 5.78 Å². The first-order chi connectivity index (χ1) is 7.79. The molecule has 1 aliphatic rings. The van der Waals surface area contributed by atoms with E-state index in [1.807, 2.05) is 19.1 Å². The molecular formula is C13H16O3. The Balaban J connectivity index is 1.99. The van der Waals surface area contributed by atoms with Gasteiger partial charge in [0, 0.05) is 12.2 Å². The Morgan fingerprint density at radius 3 is 2.94 bits per heavy atom. The lowest BCUT2D eigenvalue weighted by molar-refractivity contribution is 0.0783. The van der Waals surface area contributed by atoms with Gasteiger partial charge in [-0.2, -0.15) is 0 Å². The molecule has 0 unspecified atom stereocenters. The maximum atomic E-state index is 11.7. The van der Waals surface area contributed by atoms with Crippen LogP contribution in [0.15, 0.2) is 24.3 Å². The summed E-state index contributed by atoms with van der Waals surface area (Å²) in [6.45, 7) is 2.58. The Morgan fingerprint density at radius 2 is 2.25 bits per heavy atom. The molecule has 2 rings (SSSR count). The molecule has 0 N–H and O–H groups in total. The van der Waals surface area contributed by atoms with E-state index in [9.17, 15) is 4.79 Å². The van der Waals surface area contributed by atoms with E-state index in [4.69, 9.17) is 9.47 Å². The Hall–Kier alpha value is -1.35. The fraction of sp³-hybridized carbons (Fsp3) is 0.462. The van der Waals surface area contributed by atoms with Gasteiger partial charge in [0.05, 0.1) is 6.10 Å². The second kappa shape index (κ2) is 5.12. The van der Waals surface area contributed by atoms with E-state index >= 15 is 0 Å². The first-order valence-corrected chi connectivity index (χ1v) is 5.67. The van der Waals surface area contributed by atoms with Crippen molar-refractivity contribution in [1.82, 2.24) is 0 Å². The molecule has 0 aliphatic heterocycles. The molecule has 16 heavy (non-hydrogen) atoms. The van der Waals surface area contributed by atoms with E-state index in [1.165, 1.54) is 0 Å². The first kappa shape index (κ1) is 11.1. The third kappa shape index (κ3) is 3.07. The summed E-state index contributed by atoms with van der Waals surface area (Å²) in [5.41, 5.74) is 0.659. The highest BCUT2D eigenvalue weighted by atomic mass is 16.5. The molecule has 0 spiro atoms. The maximum absolute atomic E-state index is 11.7. The number of Topliss-reactive ketones (excluding diaryl/α,β-unsaturated/α-hetero) is 1. The van der Waals surface area contributed by atoms with Crippen LogP contribution in [0.25, 0.3) is 0 Å². The molecule has 86 valence electrons. The van der Waals surface area contributed by atoms with Crippen molar-refractivity contribution in [3.05, 3.63) is 29.8 Å². The molecular weight excluding hydrogens is 204 g/mol.